The standard InChI is InChI=1S/C36H64O5/c1-22(2)29-13-10-25(7)18-28(29)16-17-36(39,35(38)41-33-20-27(9)12-15-31(33)24(5)6)21-34(37)40-32-19-26(8)11-14-30(32)23(3)4/h22-33,39H,10-21H2,1-9H3. The molecule has 1 N–H and O–H groups in total. The van der Waals surface area contributed by atoms with Crippen molar-refractivity contribution in [2.24, 2.45) is 59.2 Å². The highest BCUT2D eigenvalue weighted by molar-refractivity contribution is 5.85. The summed E-state index contributed by atoms with van der Waals surface area (Å²) in [6.45, 7) is 20.1. The lowest BCUT2D eigenvalue weighted by Crippen LogP contribution is -2.48. The maximum atomic E-state index is 13.9. The van der Waals surface area contributed by atoms with Crippen molar-refractivity contribution in [1.82, 2.24) is 0 Å². The molecule has 0 aromatic rings. The largest absolute Gasteiger partial charge is 0.462 e. The average molecular weight is 577 g/mol. The number of carbonyl (C=O) groups excluding carboxylic acids is 2. The van der Waals surface area contributed by atoms with E-state index < -0.39 is 17.5 Å². The van der Waals surface area contributed by atoms with Gasteiger partial charge in [0, 0.05) is 0 Å². The summed E-state index contributed by atoms with van der Waals surface area (Å²) in [6.07, 6.45) is 9.91. The van der Waals surface area contributed by atoms with Gasteiger partial charge in [-0.1, -0.05) is 81.6 Å². The third-order valence-electron chi connectivity index (χ3n) is 11.4. The molecule has 0 saturated heterocycles. The SMILES string of the molecule is CC1CCC(C(C)C)C(CCC(O)(CC(=O)OC2CC(C)CCC2C(C)C)C(=O)OC2CC(C)CCC2C(C)C)C1. The van der Waals surface area contributed by atoms with E-state index in [-0.39, 0.29) is 31.0 Å². The Hall–Kier alpha value is -1.10. The lowest BCUT2D eigenvalue weighted by Gasteiger charge is -2.40. The van der Waals surface area contributed by atoms with Gasteiger partial charge in [-0.15, -0.1) is 0 Å². The summed E-state index contributed by atoms with van der Waals surface area (Å²) >= 11 is 0. The maximum absolute atomic E-state index is 13.9. The molecular weight excluding hydrogens is 512 g/mol. The van der Waals surface area contributed by atoms with Gasteiger partial charge in [0.1, 0.15) is 12.2 Å². The number of rotatable bonds is 11. The van der Waals surface area contributed by atoms with E-state index in [1.165, 1.54) is 12.8 Å². The van der Waals surface area contributed by atoms with Gasteiger partial charge in [-0.2, -0.15) is 0 Å². The maximum Gasteiger partial charge on any atom is 0.339 e. The molecule has 0 bridgehead atoms. The van der Waals surface area contributed by atoms with Crippen LogP contribution in [0.1, 0.15) is 139 Å². The molecule has 238 valence electrons. The Labute approximate surface area is 252 Å². The van der Waals surface area contributed by atoms with Crippen LogP contribution in [0.15, 0.2) is 0 Å². The second-order valence-electron chi connectivity index (χ2n) is 16.0. The number of ether oxygens (including phenoxy) is 2. The van der Waals surface area contributed by atoms with Gasteiger partial charge in [0.05, 0.1) is 6.42 Å². The fourth-order valence-electron chi connectivity index (χ4n) is 8.62. The predicted octanol–water partition coefficient (Wildman–Crippen LogP) is 8.60. The highest BCUT2D eigenvalue weighted by atomic mass is 16.6. The second-order valence-corrected chi connectivity index (χ2v) is 16.0. The molecule has 3 saturated carbocycles. The van der Waals surface area contributed by atoms with E-state index in [1.54, 1.807) is 0 Å². The summed E-state index contributed by atoms with van der Waals surface area (Å²) in [5, 5.41) is 12.1. The molecule has 3 aliphatic carbocycles. The molecule has 3 aliphatic rings. The summed E-state index contributed by atoms with van der Waals surface area (Å²) < 4.78 is 12.3. The summed E-state index contributed by atoms with van der Waals surface area (Å²) in [7, 11) is 0. The Bertz CT molecular complexity index is 836. The summed E-state index contributed by atoms with van der Waals surface area (Å²) in [5.74, 6) is 3.59. The van der Waals surface area contributed by atoms with Crippen LogP contribution in [0.2, 0.25) is 0 Å². The van der Waals surface area contributed by atoms with E-state index in [4.69, 9.17) is 9.47 Å². The zero-order valence-corrected chi connectivity index (χ0v) is 28.0. The molecule has 41 heavy (non-hydrogen) atoms. The molecule has 0 heterocycles. The van der Waals surface area contributed by atoms with E-state index in [0.717, 1.165) is 51.4 Å². The first kappa shape index (κ1) is 34.4. The van der Waals surface area contributed by atoms with E-state index in [2.05, 4.69) is 62.3 Å². The van der Waals surface area contributed by atoms with Crippen LogP contribution in [-0.2, 0) is 19.1 Å². The summed E-state index contributed by atoms with van der Waals surface area (Å²) in [5.41, 5.74) is -1.85. The van der Waals surface area contributed by atoms with Crippen molar-refractivity contribution in [1.29, 1.82) is 0 Å². The fourth-order valence-corrected chi connectivity index (χ4v) is 8.62. The lowest BCUT2D eigenvalue weighted by molar-refractivity contribution is -0.186. The Morgan fingerprint density at radius 2 is 1.12 bits per heavy atom. The van der Waals surface area contributed by atoms with Crippen molar-refractivity contribution in [3.63, 3.8) is 0 Å². The zero-order chi connectivity index (χ0) is 30.5. The molecule has 0 amide bonds. The molecule has 3 rings (SSSR count). The first-order chi connectivity index (χ1) is 19.2. The fraction of sp³-hybridized carbons (Fsp3) is 0.944. The van der Waals surface area contributed by atoms with E-state index in [1.807, 2.05) is 0 Å². The first-order valence-electron chi connectivity index (χ1n) is 17.3. The molecule has 3 fully saturated rings. The minimum atomic E-state index is -1.85. The first-order valence-corrected chi connectivity index (χ1v) is 17.3. The van der Waals surface area contributed by atoms with Crippen molar-refractivity contribution < 1.29 is 24.2 Å². The van der Waals surface area contributed by atoms with Crippen LogP contribution in [0, 0.1) is 59.2 Å². The molecule has 0 spiro atoms. The molecule has 5 heteroatoms. The molecule has 10 unspecified atom stereocenters. The van der Waals surface area contributed by atoms with Crippen molar-refractivity contribution >= 4 is 11.9 Å². The van der Waals surface area contributed by atoms with Crippen LogP contribution in [0.3, 0.4) is 0 Å². The highest BCUT2D eigenvalue weighted by Crippen LogP contribution is 2.43. The Morgan fingerprint density at radius 3 is 1.61 bits per heavy atom. The summed E-state index contributed by atoms with van der Waals surface area (Å²) in [4.78, 5) is 27.4. The van der Waals surface area contributed by atoms with E-state index >= 15 is 0 Å². The number of aliphatic hydroxyl groups is 1. The van der Waals surface area contributed by atoms with Crippen molar-refractivity contribution in [3.05, 3.63) is 0 Å². The van der Waals surface area contributed by atoms with Crippen LogP contribution in [0.4, 0.5) is 0 Å². The molecule has 0 radical (unpaired) electrons. The van der Waals surface area contributed by atoms with Gasteiger partial charge < -0.3 is 14.6 Å². The van der Waals surface area contributed by atoms with Crippen LogP contribution in [-0.4, -0.2) is 34.9 Å². The minimum absolute atomic E-state index is 0.152. The predicted molar refractivity (Wildman–Crippen MR) is 166 cm³/mol. The van der Waals surface area contributed by atoms with Gasteiger partial charge in [0.25, 0.3) is 0 Å². The van der Waals surface area contributed by atoms with E-state index in [9.17, 15) is 14.7 Å². The highest BCUT2D eigenvalue weighted by Gasteiger charge is 2.46. The second kappa shape index (κ2) is 15.1. The quantitative estimate of drug-likeness (QED) is 0.249. The molecule has 5 nitrogen and oxygen atoms in total. The van der Waals surface area contributed by atoms with Crippen LogP contribution in [0.25, 0.3) is 0 Å². The van der Waals surface area contributed by atoms with Gasteiger partial charge in [-0.3, -0.25) is 4.79 Å². The van der Waals surface area contributed by atoms with Crippen LogP contribution < -0.4 is 0 Å². The number of esters is 2. The van der Waals surface area contributed by atoms with E-state index in [0.29, 0.717) is 53.3 Å². The van der Waals surface area contributed by atoms with Crippen molar-refractivity contribution in [2.75, 3.05) is 0 Å². The molecule has 0 aromatic heterocycles. The molecule has 10 atom stereocenters. The van der Waals surface area contributed by atoms with Gasteiger partial charge in [-0.25, -0.2) is 4.79 Å². The van der Waals surface area contributed by atoms with Gasteiger partial charge in [0.15, 0.2) is 5.60 Å². The monoisotopic (exact) mass is 576 g/mol. The van der Waals surface area contributed by atoms with Crippen molar-refractivity contribution in [3.8, 4) is 0 Å². The average Bonchev–Trinajstić information content (AvgIpc) is 2.87. The summed E-state index contributed by atoms with van der Waals surface area (Å²) in [6, 6.07) is 0. The van der Waals surface area contributed by atoms with Gasteiger partial charge >= 0.3 is 11.9 Å². The number of carbonyl (C=O) groups is 2. The molecular formula is C36H64O5. The van der Waals surface area contributed by atoms with Crippen molar-refractivity contribution in [2.45, 2.75) is 157 Å². The normalized spacial score (nSPS) is 36.3. The third kappa shape index (κ3) is 9.44. The lowest BCUT2D eigenvalue weighted by atomic mass is 9.68. The number of hydrogen-bond acceptors (Lipinski definition) is 5. The molecule has 0 aliphatic heterocycles. The third-order valence-corrected chi connectivity index (χ3v) is 11.4. The molecule has 0 aromatic carbocycles. The Morgan fingerprint density at radius 1 is 0.683 bits per heavy atom. The van der Waals surface area contributed by atoms with Gasteiger partial charge in [0.2, 0.25) is 0 Å². The van der Waals surface area contributed by atoms with Crippen LogP contribution >= 0.6 is 0 Å². The Balaban J connectivity index is 1.79. The topological polar surface area (TPSA) is 72.8 Å². The zero-order valence-electron chi connectivity index (χ0n) is 28.0. The van der Waals surface area contributed by atoms with Gasteiger partial charge in [-0.05, 0) is 111 Å². The number of hydrogen-bond donors (Lipinski definition) is 1. The Kier molecular flexibility index (Phi) is 12.6. The minimum Gasteiger partial charge on any atom is -0.462 e. The van der Waals surface area contributed by atoms with Crippen LogP contribution in [0.5, 0.6) is 0 Å². The smallest absolute Gasteiger partial charge is 0.339 e.